The lowest BCUT2D eigenvalue weighted by atomic mass is 10.2. The largest absolute Gasteiger partial charge is 0.416 e. The molecule has 2 N–H and O–H groups in total. The first-order valence-electron chi connectivity index (χ1n) is 4.82. The van der Waals surface area contributed by atoms with Gasteiger partial charge in [0.2, 0.25) is 0 Å². The first-order chi connectivity index (χ1) is 7.71. The number of nitrogens with one attached hydrogen (secondary N) is 1. The van der Waals surface area contributed by atoms with Crippen LogP contribution in [0.2, 0.25) is 0 Å². The van der Waals surface area contributed by atoms with Gasteiger partial charge >= 0.3 is 6.18 Å². The molecule has 0 aromatic carbocycles. The van der Waals surface area contributed by atoms with Crippen LogP contribution in [0, 0.1) is 13.8 Å². The van der Waals surface area contributed by atoms with E-state index in [2.05, 4.69) is 5.32 Å². The minimum absolute atomic E-state index is 0.349. The van der Waals surface area contributed by atoms with Crippen LogP contribution in [0.3, 0.4) is 0 Å². The molecule has 0 radical (unpaired) electrons. The van der Waals surface area contributed by atoms with E-state index >= 15 is 0 Å². The normalized spacial score (nSPS) is 13.5. The van der Waals surface area contributed by atoms with Gasteiger partial charge in [-0.1, -0.05) is 0 Å². The summed E-state index contributed by atoms with van der Waals surface area (Å²) in [5, 5.41) is 10.8. The maximum atomic E-state index is 12.0. The summed E-state index contributed by atoms with van der Waals surface area (Å²) in [6, 6.07) is 1.61. The van der Waals surface area contributed by atoms with Crippen molar-refractivity contribution in [1.82, 2.24) is 5.32 Å². The average molecular weight is 267 g/mol. The van der Waals surface area contributed by atoms with Crippen LogP contribution in [0.5, 0.6) is 0 Å². The van der Waals surface area contributed by atoms with Gasteiger partial charge < -0.3 is 10.4 Å². The second-order valence-corrected chi connectivity index (χ2v) is 5.05. The highest BCUT2D eigenvalue weighted by molar-refractivity contribution is 7.12. The Morgan fingerprint density at radius 1 is 1.53 bits per heavy atom. The smallest absolute Gasteiger partial charge is 0.382 e. The molecule has 1 amide bonds. The molecule has 17 heavy (non-hydrogen) atoms. The highest BCUT2D eigenvalue weighted by Crippen LogP contribution is 2.21. The van der Waals surface area contributed by atoms with Crippen LogP contribution in [-0.4, -0.2) is 29.8 Å². The summed E-state index contributed by atoms with van der Waals surface area (Å²) in [4.78, 5) is 13.2. The fraction of sp³-hybridized carbons (Fsp3) is 0.500. The molecule has 0 fully saturated rings. The summed E-state index contributed by atoms with van der Waals surface area (Å²) in [6.45, 7) is 2.68. The lowest BCUT2D eigenvalue weighted by molar-refractivity contribution is -0.201. The third-order valence-corrected chi connectivity index (χ3v) is 3.09. The highest BCUT2D eigenvalue weighted by atomic mass is 32.1. The predicted molar refractivity (Wildman–Crippen MR) is 58.2 cm³/mol. The molecule has 0 aliphatic heterocycles. The summed E-state index contributed by atoms with van der Waals surface area (Å²) >= 11 is 1.39. The molecule has 0 spiro atoms. The van der Waals surface area contributed by atoms with Crippen molar-refractivity contribution in [3.8, 4) is 0 Å². The zero-order valence-corrected chi connectivity index (χ0v) is 10.1. The quantitative estimate of drug-likeness (QED) is 0.880. The molecular formula is C10H12F3NO2S. The van der Waals surface area contributed by atoms with Crippen LogP contribution in [0.25, 0.3) is 0 Å². The van der Waals surface area contributed by atoms with E-state index in [0.717, 1.165) is 9.75 Å². The van der Waals surface area contributed by atoms with E-state index in [9.17, 15) is 18.0 Å². The summed E-state index contributed by atoms with van der Waals surface area (Å²) in [5.74, 6) is -0.602. The zero-order valence-electron chi connectivity index (χ0n) is 9.26. The monoisotopic (exact) mass is 267 g/mol. The number of aryl methyl sites for hydroxylation is 2. The molecule has 1 atom stereocenters. The van der Waals surface area contributed by atoms with E-state index in [-0.39, 0.29) is 0 Å². The molecule has 7 heteroatoms. The van der Waals surface area contributed by atoms with Crippen molar-refractivity contribution in [3.63, 3.8) is 0 Å². The number of carbonyl (C=O) groups excluding carboxylic acids is 1. The van der Waals surface area contributed by atoms with E-state index < -0.39 is 24.7 Å². The first kappa shape index (κ1) is 14.0. The molecule has 0 saturated heterocycles. The highest BCUT2D eigenvalue weighted by Gasteiger charge is 2.38. The molecule has 0 bridgehead atoms. The van der Waals surface area contributed by atoms with Crippen molar-refractivity contribution < 1.29 is 23.1 Å². The van der Waals surface area contributed by atoms with Gasteiger partial charge in [-0.15, -0.1) is 11.3 Å². The first-order valence-corrected chi connectivity index (χ1v) is 5.63. The van der Waals surface area contributed by atoms with Crippen molar-refractivity contribution in [1.29, 1.82) is 0 Å². The Balaban J connectivity index is 2.60. The number of amides is 1. The van der Waals surface area contributed by atoms with Gasteiger partial charge in [0, 0.05) is 9.75 Å². The van der Waals surface area contributed by atoms with Crippen LogP contribution in [0.4, 0.5) is 13.2 Å². The Morgan fingerprint density at radius 3 is 2.53 bits per heavy atom. The van der Waals surface area contributed by atoms with Gasteiger partial charge in [0.15, 0.2) is 6.10 Å². The van der Waals surface area contributed by atoms with Gasteiger partial charge in [-0.3, -0.25) is 4.79 Å². The molecule has 0 aliphatic rings. The van der Waals surface area contributed by atoms with E-state index in [4.69, 9.17) is 5.11 Å². The zero-order chi connectivity index (χ0) is 13.2. The number of thiophene rings is 1. The Labute approximate surface area is 100 Å². The summed E-state index contributed by atoms with van der Waals surface area (Å²) < 4.78 is 36.0. The number of rotatable bonds is 3. The fourth-order valence-corrected chi connectivity index (χ4v) is 2.18. The third kappa shape index (κ3) is 3.71. The number of hydrogen-bond donors (Lipinski definition) is 2. The lowest BCUT2D eigenvalue weighted by Gasteiger charge is -2.14. The molecule has 3 nitrogen and oxygen atoms in total. The van der Waals surface area contributed by atoms with Crippen molar-refractivity contribution in [2.45, 2.75) is 26.1 Å². The average Bonchev–Trinajstić information content (AvgIpc) is 2.52. The maximum absolute atomic E-state index is 12.0. The fourth-order valence-electron chi connectivity index (χ4n) is 1.26. The van der Waals surface area contributed by atoms with E-state index in [1.165, 1.54) is 11.3 Å². The van der Waals surface area contributed by atoms with E-state index in [1.807, 2.05) is 0 Å². The minimum atomic E-state index is -4.72. The third-order valence-electron chi connectivity index (χ3n) is 2.12. The topological polar surface area (TPSA) is 49.3 Å². The number of aliphatic hydroxyl groups excluding tert-OH is 1. The Kier molecular flexibility index (Phi) is 4.16. The molecule has 1 aromatic rings. The molecule has 96 valence electrons. The second kappa shape index (κ2) is 5.05. The Morgan fingerprint density at radius 2 is 2.12 bits per heavy atom. The SMILES string of the molecule is Cc1cc(C(=O)NCC(O)C(F)(F)F)c(C)s1. The van der Waals surface area contributed by atoms with Crippen molar-refractivity contribution in [2.75, 3.05) is 6.54 Å². The van der Waals surface area contributed by atoms with Crippen molar-refractivity contribution in [2.24, 2.45) is 0 Å². The number of hydrogen-bond acceptors (Lipinski definition) is 3. The van der Waals surface area contributed by atoms with Gasteiger partial charge in [0.1, 0.15) is 0 Å². The Hall–Kier alpha value is -1.08. The van der Waals surface area contributed by atoms with Crippen molar-refractivity contribution >= 4 is 17.2 Å². The number of aliphatic hydroxyl groups is 1. The predicted octanol–water partition coefficient (Wildman–Crippen LogP) is 2.02. The van der Waals surface area contributed by atoms with Gasteiger partial charge in [-0.25, -0.2) is 0 Å². The van der Waals surface area contributed by atoms with Gasteiger partial charge in [0.25, 0.3) is 5.91 Å². The van der Waals surface area contributed by atoms with E-state index in [1.54, 1.807) is 19.9 Å². The molecule has 1 heterocycles. The van der Waals surface area contributed by atoms with Crippen LogP contribution in [0.1, 0.15) is 20.1 Å². The lowest BCUT2D eigenvalue weighted by Crippen LogP contribution is -2.40. The molecule has 1 aromatic heterocycles. The molecular weight excluding hydrogens is 255 g/mol. The maximum Gasteiger partial charge on any atom is 0.416 e. The molecule has 1 unspecified atom stereocenters. The van der Waals surface area contributed by atoms with Crippen LogP contribution in [0.15, 0.2) is 6.07 Å². The molecule has 1 rings (SSSR count). The van der Waals surface area contributed by atoms with Crippen molar-refractivity contribution in [3.05, 3.63) is 21.4 Å². The van der Waals surface area contributed by atoms with Crippen LogP contribution in [-0.2, 0) is 0 Å². The second-order valence-electron chi connectivity index (χ2n) is 3.59. The van der Waals surface area contributed by atoms with Crippen LogP contribution >= 0.6 is 11.3 Å². The van der Waals surface area contributed by atoms with Crippen LogP contribution < -0.4 is 5.32 Å². The molecule has 0 saturated carbocycles. The Bertz CT molecular complexity index is 414. The van der Waals surface area contributed by atoms with Gasteiger partial charge in [-0.2, -0.15) is 13.2 Å². The number of carbonyl (C=O) groups is 1. The summed E-state index contributed by atoms with van der Waals surface area (Å²) in [6.07, 6.45) is -7.25. The summed E-state index contributed by atoms with van der Waals surface area (Å²) in [5.41, 5.74) is 0.349. The standard InChI is InChI=1S/C10H12F3NO2S/c1-5-3-7(6(2)17-5)9(16)14-4-8(15)10(11,12)13/h3,8,15H,4H2,1-2H3,(H,14,16). The van der Waals surface area contributed by atoms with Gasteiger partial charge in [-0.05, 0) is 19.9 Å². The van der Waals surface area contributed by atoms with Gasteiger partial charge in [0.05, 0.1) is 12.1 Å². The minimum Gasteiger partial charge on any atom is -0.382 e. The number of alkyl halides is 3. The molecule has 0 aliphatic carbocycles. The van der Waals surface area contributed by atoms with E-state index in [0.29, 0.717) is 5.56 Å². The summed E-state index contributed by atoms with van der Waals surface area (Å²) in [7, 11) is 0. The number of halogens is 3.